The number of rotatable bonds is 5. The van der Waals surface area contributed by atoms with Gasteiger partial charge in [-0.15, -0.1) is 10.2 Å². The Kier molecular flexibility index (Phi) is 4.53. The van der Waals surface area contributed by atoms with Gasteiger partial charge >= 0.3 is 0 Å². The molecule has 0 saturated carbocycles. The van der Waals surface area contributed by atoms with Gasteiger partial charge in [0, 0.05) is 6.54 Å². The first-order valence-corrected chi connectivity index (χ1v) is 5.11. The topological polar surface area (TPSA) is 80.9 Å². The molecule has 0 fully saturated rings. The maximum absolute atomic E-state index is 11.5. The fraction of sp³-hybridized carbons (Fsp3) is 0.500. The van der Waals surface area contributed by atoms with Crippen molar-refractivity contribution in [3.8, 4) is 0 Å². The SMILES string of the molecule is CCCCCNC(=O)c1ccc(N)nn1. The summed E-state index contributed by atoms with van der Waals surface area (Å²) < 4.78 is 0. The second kappa shape index (κ2) is 5.95. The second-order valence-electron chi connectivity index (χ2n) is 3.31. The van der Waals surface area contributed by atoms with Crippen LogP contribution in [-0.2, 0) is 0 Å². The van der Waals surface area contributed by atoms with E-state index in [-0.39, 0.29) is 5.91 Å². The van der Waals surface area contributed by atoms with Crippen LogP contribution in [0.2, 0.25) is 0 Å². The molecule has 1 aromatic rings. The Bertz CT molecular complexity index is 310. The van der Waals surface area contributed by atoms with Crippen molar-refractivity contribution < 1.29 is 4.79 Å². The van der Waals surface area contributed by atoms with Crippen LogP contribution in [0.15, 0.2) is 12.1 Å². The zero-order valence-electron chi connectivity index (χ0n) is 8.86. The van der Waals surface area contributed by atoms with Crippen molar-refractivity contribution >= 4 is 11.7 Å². The zero-order valence-corrected chi connectivity index (χ0v) is 8.86. The molecular weight excluding hydrogens is 192 g/mol. The van der Waals surface area contributed by atoms with Gasteiger partial charge in [-0.05, 0) is 18.6 Å². The Morgan fingerprint density at radius 2 is 2.20 bits per heavy atom. The molecule has 82 valence electrons. The van der Waals surface area contributed by atoms with Crippen molar-refractivity contribution in [3.63, 3.8) is 0 Å². The highest BCUT2D eigenvalue weighted by Crippen LogP contribution is 1.97. The lowest BCUT2D eigenvalue weighted by molar-refractivity contribution is 0.0947. The van der Waals surface area contributed by atoms with Crippen molar-refractivity contribution in [2.24, 2.45) is 0 Å². The van der Waals surface area contributed by atoms with Gasteiger partial charge in [-0.25, -0.2) is 0 Å². The Hall–Kier alpha value is -1.65. The van der Waals surface area contributed by atoms with E-state index in [9.17, 15) is 4.79 Å². The lowest BCUT2D eigenvalue weighted by Gasteiger charge is -2.03. The van der Waals surface area contributed by atoms with Crippen molar-refractivity contribution in [2.75, 3.05) is 12.3 Å². The van der Waals surface area contributed by atoms with Crippen LogP contribution in [-0.4, -0.2) is 22.6 Å². The summed E-state index contributed by atoms with van der Waals surface area (Å²) >= 11 is 0. The number of carbonyl (C=O) groups excluding carboxylic acids is 1. The number of hydrogen-bond acceptors (Lipinski definition) is 4. The molecule has 1 aromatic heterocycles. The van der Waals surface area contributed by atoms with Gasteiger partial charge in [-0.1, -0.05) is 19.8 Å². The Morgan fingerprint density at radius 3 is 2.80 bits per heavy atom. The number of carbonyl (C=O) groups is 1. The quantitative estimate of drug-likeness (QED) is 0.707. The highest BCUT2D eigenvalue weighted by Gasteiger charge is 2.05. The number of anilines is 1. The van der Waals surface area contributed by atoms with Crippen LogP contribution in [0, 0.1) is 0 Å². The molecule has 1 rings (SSSR count). The summed E-state index contributed by atoms with van der Waals surface area (Å²) in [5.41, 5.74) is 5.67. The van der Waals surface area contributed by atoms with E-state index < -0.39 is 0 Å². The average molecular weight is 208 g/mol. The summed E-state index contributed by atoms with van der Waals surface area (Å²) in [6.45, 7) is 2.80. The van der Waals surface area contributed by atoms with Crippen LogP contribution in [0.25, 0.3) is 0 Å². The summed E-state index contributed by atoms with van der Waals surface area (Å²) in [5, 5.41) is 10.1. The van der Waals surface area contributed by atoms with E-state index in [1.165, 1.54) is 0 Å². The van der Waals surface area contributed by atoms with Crippen LogP contribution in [0.1, 0.15) is 36.7 Å². The number of amides is 1. The van der Waals surface area contributed by atoms with Gasteiger partial charge in [0.25, 0.3) is 5.91 Å². The van der Waals surface area contributed by atoms with E-state index in [1.54, 1.807) is 12.1 Å². The summed E-state index contributed by atoms with van der Waals surface area (Å²) in [6, 6.07) is 3.13. The minimum absolute atomic E-state index is 0.196. The van der Waals surface area contributed by atoms with E-state index in [0.29, 0.717) is 18.1 Å². The highest BCUT2D eigenvalue weighted by atomic mass is 16.1. The summed E-state index contributed by atoms with van der Waals surface area (Å²) in [6.07, 6.45) is 3.25. The van der Waals surface area contributed by atoms with Crippen LogP contribution in [0.3, 0.4) is 0 Å². The fourth-order valence-corrected chi connectivity index (χ4v) is 1.13. The van der Waals surface area contributed by atoms with Crippen LogP contribution in [0.4, 0.5) is 5.82 Å². The number of nitrogens with two attached hydrogens (primary N) is 1. The lowest BCUT2D eigenvalue weighted by Crippen LogP contribution is -2.25. The maximum Gasteiger partial charge on any atom is 0.271 e. The molecule has 0 atom stereocenters. The summed E-state index contributed by atoms with van der Waals surface area (Å²) in [4.78, 5) is 11.5. The number of nitrogens with zero attached hydrogens (tertiary/aromatic N) is 2. The molecule has 0 aliphatic carbocycles. The standard InChI is InChI=1S/C10H16N4O/c1-2-3-4-7-12-10(15)8-5-6-9(11)14-13-8/h5-6H,2-4,7H2,1H3,(H2,11,14)(H,12,15). The molecule has 0 unspecified atom stereocenters. The normalized spacial score (nSPS) is 9.93. The third-order valence-corrected chi connectivity index (χ3v) is 1.98. The zero-order chi connectivity index (χ0) is 11.1. The fourth-order valence-electron chi connectivity index (χ4n) is 1.13. The minimum Gasteiger partial charge on any atom is -0.382 e. The molecule has 5 heteroatoms. The number of nitrogen functional groups attached to an aromatic ring is 1. The highest BCUT2D eigenvalue weighted by molar-refractivity contribution is 5.92. The predicted octanol–water partition coefficient (Wildman–Crippen LogP) is 0.979. The molecule has 3 N–H and O–H groups in total. The first-order chi connectivity index (χ1) is 7.24. The predicted molar refractivity (Wildman–Crippen MR) is 58.3 cm³/mol. The molecule has 1 amide bonds. The van der Waals surface area contributed by atoms with E-state index in [1.807, 2.05) is 0 Å². The maximum atomic E-state index is 11.5. The van der Waals surface area contributed by atoms with Gasteiger partial charge < -0.3 is 11.1 Å². The smallest absolute Gasteiger partial charge is 0.271 e. The van der Waals surface area contributed by atoms with Gasteiger partial charge in [-0.3, -0.25) is 4.79 Å². The number of hydrogen-bond donors (Lipinski definition) is 2. The molecule has 0 bridgehead atoms. The van der Waals surface area contributed by atoms with Gasteiger partial charge in [0.2, 0.25) is 0 Å². The molecular formula is C10H16N4O. The Labute approximate surface area is 89.1 Å². The van der Waals surface area contributed by atoms with E-state index in [2.05, 4.69) is 22.4 Å². The summed E-state index contributed by atoms with van der Waals surface area (Å²) in [5.74, 6) is 0.121. The van der Waals surface area contributed by atoms with Crippen molar-refractivity contribution in [2.45, 2.75) is 26.2 Å². The summed E-state index contributed by atoms with van der Waals surface area (Å²) in [7, 11) is 0. The van der Waals surface area contributed by atoms with Gasteiger partial charge in [0.05, 0.1) is 0 Å². The Balaban J connectivity index is 2.37. The molecule has 0 aliphatic heterocycles. The molecule has 0 saturated heterocycles. The van der Waals surface area contributed by atoms with Gasteiger partial charge in [-0.2, -0.15) is 0 Å². The van der Waals surface area contributed by atoms with E-state index in [4.69, 9.17) is 5.73 Å². The number of unbranched alkanes of at least 4 members (excludes halogenated alkanes) is 2. The van der Waals surface area contributed by atoms with Crippen molar-refractivity contribution in [1.29, 1.82) is 0 Å². The minimum atomic E-state index is -0.196. The molecule has 0 aromatic carbocycles. The van der Waals surface area contributed by atoms with E-state index >= 15 is 0 Å². The molecule has 0 radical (unpaired) electrons. The second-order valence-corrected chi connectivity index (χ2v) is 3.31. The molecule has 5 nitrogen and oxygen atoms in total. The first kappa shape index (κ1) is 11.4. The van der Waals surface area contributed by atoms with Gasteiger partial charge in [0.15, 0.2) is 5.69 Å². The third-order valence-electron chi connectivity index (χ3n) is 1.98. The van der Waals surface area contributed by atoms with Crippen LogP contribution >= 0.6 is 0 Å². The van der Waals surface area contributed by atoms with E-state index in [0.717, 1.165) is 19.3 Å². The molecule has 0 spiro atoms. The van der Waals surface area contributed by atoms with Crippen molar-refractivity contribution in [1.82, 2.24) is 15.5 Å². The third kappa shape index (κ3) is 3.93. The Morgan fingerprint density at radius 1 is 1.40 bits per heavy atom. The molecule has 0 aliphatic rings. The van der Waals surface area contributed by atoms with Crippen molar-refractivity contribution in [3.05, 3.63) is 17.8 Å². The molecule has 1 heterocycles. The average Bonchev–Trinajstić information content (AvgIpc) is 2.25. The van der Waals surface area contributed by atoms with Crippen LogP contribution < -0.4 is 11.1 Å². The molecule has 15 heavy (non-hydrogen) atoms. The first-order valence-electron chi connectivity index (χ1n) is 5.11. The largest absolute Gasteiger partial charge is 0.382 e. The number of aromatic nitrogens is 2. The van der Waals surface area contributed by atoms with Crippen LogP contribution in [0.5, 0.6) is 0 Å². The van der Waals surface area contributed by atoms with Gasteiger partial charge in [0.1, 0.15) is 5.82 Å². The number of nitrogens with one attached hydrogen (secondary N) is 1. The monoisotopic (exact) mass is 208 g/mol. The lowest BCUT2D eigenvalue weighted by atomic mass is 10.2.